The Kier molecular flexibility index (Phi) is 14.0. The molecule has 0 aromatic heterocycles. The second kappa shape index (κ2) is 14.9. The molecule has 0 aliphatic heterocycles. The number of urea groups is 2. The van der Waals surface area contributed by atoms with Crippen molar-refractivity contribution in [1.29, 1.82) is 0 Å². The molecule has 0 spiro atoms. The first kappa shape index (κ1) is 23.6. The van der Waals surface area contributed by atoms with E-state index in [-0.39, 0.29) is 17.6 Å². The van der Waals surface area contributed by atoms with Crippen molar-refractivity contribution in [3.8, 4) is 0 Å². The quantitative estimate of drug-likeness (QED) is 0.315. The summed E-state index contributed by atoms with van der Waals surface area (Å²) in [5.41, 5.74) is 0. The number of amides is 6. The Morgan fingerprint density at radius 1 is 0.920 bits per heavy atom. The number of carbonyl (C=O) groups excluding carboxylic acids is 4. The van der Waals surface area contributed by atoms with E-state index >= 15 is 0 Å². The summed E-state index contributed by atoms with van der Waals surface area (Å²) in [5.74, 6) is 0.382. The van der Waals surface area contributed by atoms with Crippen LogP contribution in [-0.4, -0.2) is 48.5 Å². The van der Waals surface area contributed by atoms with E-state index in [1.165, 1.54) is 21.6 Å². The first-order valence-electron chi connectivity index (χ1n) is 8.24. The van der Waals surface area contributed by atoms with Gasteiger partial charge in [-0.1, -0.05) is 48.8 Å². The molecule has 6 amide bonds. The Morgan fingerprint density at radius 2 is 1.56 bits per heavy atom. The average molecular weight is 393 g/mol. The highest BCUT2D eigenvalue weighted by Crippen LogP contribution is 2.19. The van der Waals surface area contributed by atoms with Crippen molar-refractivity contribution in [3.05, 3.63) is 0 Å². The Bertz CT molecular complexity index is 447. The fourth-order valence-corrected chi connectivity index (χ4v) is 3.18. The fraction of sp³-hybridized carbons (Fsp3) is 0.733. The molecule has 25 heavy (non-hydrogen) atoms. The molecule has 144 valence electrons. The molecule has 0 bridgehead atoms. The standard InChI is InChI=1S/C15H28N4O4S2/c1-4-5-6-12(20)18-14(22)16-7-8-24-25-10-13(21)19-15(23)17-9-11(2)3/h11H,4-10H2,1-3H3,(H2,16,18,20,22)(H2,17,19,21,23). The van der Waals surface area contributed by atoms with Gasteiger partial charge in [-0.15, -0.1) is 0 Å². The molecule has 0 aromatic carbocycles. The molecular weight excluding hydrogens is 364 g/mol. The Morgan fingerprint density at radius 3 is 2.20 bits per heavy atom. The third-order valence-electron chi connectivity index (χ3n) is 2.68. The van der Waals surface area contributed by atoms with Gasteiger partial charge in [-0.05, 0) is 12.3 Å². The molecular formula is C15H28N4O4S2. The van der Waals surface area contributed by atoms with Crippen molar-refractivity contribution in [1.82, 2.24) is 21.3 Å². The van der Waals surface area contributed by atoms with Crippen LogP contribution in [0.25, 0.3) is 0 Å². The van der Waals surface area contributed by atoms with Gasteiger partial charge in [0.05, 0.1) is 5.75 Å². The third-order valence-corrected chi connectivity index (χ3v) is 4.95. The highest BCUT2D eigenvalue weighted by Gasteiger charge is 2.09. The molecule has 0 unspecified atom stereocenters. The molecule has 10 heteroatoms. The number of hydrogen-bond acceptors (Lipinski definition) is 6. The van der Waals surface area contributed by atoms with Crippen LogP contribution < -0.4 is 21.3 Å². The molecule has 0 saturated heterocycles. The van der Waals surface area contributed by atoms with Gasteiger partial charge >= 0.3 is 12.1 Å². The molecule has 0 saturated carbocycles. The number of rotatable bonds is 11. The van der Waals surface area contributed by atoms with Crippen molar-refractivity contribution >= 4 is 45.5 Å². The number of hydrogen-bond donors (Lipinski definition) is 4. The van der Waals surface area contributed by atoms with Gasteiger partial charge in [-0.25, -0.2) is 9.59 Å². The largest absolute Gasteiger partial charge is 0.338 e. The summed E-state index contributed by atoms with van der Waals surface area (Å²) in [6, 6.07) is -0.998. The summed E-state index contributed by atoms with van der Waals surface area (Å²) < 4.78 is 0. The van der Waals surface area contributed by atoms with E-state index in [0.29, 0.717) is 31.2 Å². The SMILES string of the molecule is CCCCC(=O)NC(=O)NCCSSCC(=O)NC(=O)NCC(C)C. The van der Waals surface area contributed by atoms with Gasteiger partial charge in [-0.2, -0.15) is 0 Å². The zero-order valence-electron chi connectivity index (χ0n) is 15.0. The zero-order chi connectivity index (χ0) is 19.1. The highest BCUT2D eigenvalue weighted by molar-refractivity contribution is 8.76. The summed E-state index contributed by atoms with van der Waals surface area (Å²) in [6.45, 7) is 6.78. The van der Waals surface area contributed by atoms with Gasteiger partial charge in [0.1, 0.15) is 0 Å². The van der Waals surface area contributed by atoms with Crippen LogP contribution >= 0.6 is 21.6 Å². The van der Waals surface area contributed by atoms with E-state index in [0.717, 1.165) is 12.8 Å². The van der Waals surface area contributed by atoms with Gasteiger partial charge in [-0.3, -0.25) is 20.2 Å². The van der Waals surface area contributed by atoms with Crippen LogP contribution in [0.15, 0.2) is 0 Å². The monoisotopic (exact) mass is 392 g/mol. The highest BCUT2D eigenvalue weighted by atomic mass is 33.1. The van der Waals surface area contributed by atoms with Crippen molar-refractivity contribution < 1.29 is 19.2 Å². The molecule has 0 atom stereocenters. The third kappa shape index (κ3) is 15.8. The van der Waals surface area contributed by atoms with Gasteiger partial charge < -0.3 is 10.6 Å². The first-order valence-corrected chi connectivity index (χ1v) is 10.7. The van der Waals surface area contributed by atoms with Crippen molar-refractivity contribution in [2.24, 2.45) is 5.92 Å². The zero-order valence-corrected chi connectivity index (χ0v) is 16.6. The summed E-state index contributed by atoms with van der Waals surface area (Å²) in [4.78, 5) is 45.7. The van der Waals surface area contributed by atoms with E-state index in [4.69, 9.17) is 0 Å². The molecule has 0 aromatic rings. The minimum Gasteiger partial charge on any atom is -0.338 e. The summed E-state index contributed by atoms with van der Waals surface area (Å²) in [7, 11) is 2.69. The molecule has 4 N–H and O–H groups in total. The predicted octanol–water partition coefficient (Wildman–Crippen LogP) is 1.87. The lowest BCUT2D eigenvalue weighted by atomic mass is 10.2. The van der Waals surface area contributed by atoms with Gasteiger partial charge in [0, 0.05) is 25.3 Å². The molecule has 8 nitrogen and oxygen atoms in total. The minimum atomic E-state index is -0.508. The van der Waals surface area contributed by atoms with E-state index in [9.17, 15) is 19.2 Å². The molecule has 0 radical (unpaired) electrons. The molecule has 0 aliphatic rings. The van der Waals surface area contributed by atoms with Crippen LogP contribution in [0, 0.1) is 5.92 Å². The van der Waals surface area contributed by atoms with E-state index in [2.05, 4.69) is 21.3 Å². The lowest BCUT2D eigenvalue weighted by molar-refractivity contribution is -0.120. The maximum Gasteiger partial charge on any atom is 0.321 e. The van der Waals surface area contributed by atoms with Crippen molar-refractivity contribution in [2.45, 2.75) is 40.0 Å². The van der Waals surface area contributed by atoms with Gasteiger partial charge in [0.25, 0.3) is 0 Å². The van der Waals surface area contributed by atoms with Crippen LogP contribution in [0.5, 0.6) is 0 Å². The Hall–Kier alpha value is -1.42. The second-order valence-corrected chi connectivity index (χ2v) is 8.23. The average Bonchev–Trinajstić information content (AvgIpc) is 2.54. The van der Waals surface area contributed by atoms with Crippen molar-refractivity contribution in [2.75, 3.05) is 24.6 Å². The van der Waals surface area contributed by atoms with E-state index in [1.807, 2.05) is 20.8 Å². The van der Waals surface area contributed by atoms with Crippen LogP contribution in [0.3, 0.4) is 0 Å². The molecule has 0 aliphatic carbocycles. The predicted molar refractivity (Wildman–Crippen MR) is 102 cm³/mol. The molecule has 0 rings (SSSR count). The normalized spacial score (nSPS) is 10.2. The van der Waals surface area contributed by atoms with Gasteiger partial charge in [0.2, 0.25) is 11.8 Å². The smallest absolute Gasteiger partial charge is 0.321 e. The second-order valence-electron chi connectivity index (χ2n) is 5.64. The lowest BCUT2D eigenvalue weighted by Crippen LogP contribution is -2.41. The summed E-state index contributed by atoms with van der Waals surface area (Å²) in [6.07, 6.45) is 1.99. The summed E-state index contributed by atoms with van der Waals surface area (Å²) >= 11 is 0. The Balaban J connectivity index is 3.59. The topological polar surface area (TPSA) is 116 Å². The fourth-order valence-electron chi connectivity index (χ4n) is 1.43. The number of nitrogens with one attached hydrogen (secondary N) is 4. The van der Waals surface area contributed by atoms with E-state index in [1.54, 1.807) is 0 Å². The maximum absolute atomic E-state index is 11.5. The van der Waals surface area contributed by atoms with Crippen LogP contribution in [0.2, 0.25) is 0 Å². The van der Waals surface area contributed by atoms with Crippen LogP contribution in [0.1, 0.15) is 40.0 Å². The number of unbranched alkanes of at least 4 members (excludes halogenated alkanes) is 1. The number of carbonyl (C=O) groups is 4. The Labute approximate surface area is 156 Å². The number of imide groups is 2. The van der Waals surface area contributed by atoms with Crippen LogP contribution in [0.4, 0.5) is 9.59 Å². The summed E-state index contributed by atoms with van der Waals surface area (Å²) in [5, 5.41) is 9.66. The minimum absolute atomic E-state index is 0.140. The maximum atomic E-state index is 11.5. The van der Waals surface area contributed by atoms with Crippen molar-refractivity contribution in [3.63, 3.8) is 0 Å². The lowest BCUT2D eigenvalue weighted by Gasteiger charge is -2.08. The van der Waals surface area contributed by atoms with E-state index < -0.39 is 12.1 Å². The molecule has 0 fully saturated rings. The van der Waals surface area contributed by atoms with Gasteiger partial charge in [0.15, 0.2) is 0 Å². The van der Waals surface area contributed by atoms with Crippen LogP contribution in [-0.2, 0) is 9.59 Å². The molecule has 0 heterocycles. The first-order chi connectivity index (χ1) is 11.8.